The molecule has 9 heteroatoms. The van der Waals surface area contributed by atoms with Crippen molar-refractivity contribution < 1.29 is 33.3 Å². The third kappa shape index (κ3) is 8.07. The highest BCUT2D eigenvalue weighted by atomic mass is 16.7. The van der Waals surface area contributed by atoms with E-state index in [0.717, 1.165) is 5.56 Å². The molecular formula is C31H46N2O7. The van der Waals surface area contributed by atoms with Gasteiger partial charge in [0.05, 0.1) is 12.3 Å². The molecule has 1 aromatic rings. The molecule has 1 aromatic carbocycles. The van der Waals surface area contributed by atoms with Crippen LogP contribution in [0.25, 0.3) is 0 Å². The second-order valence-corrected chi connectivity index (χ2v) is 12.6. The summed E-state index contributed by atoms with van der Waals surface area (Å²) in [7, 11) is 1.56. The van der Waals surface area contributed by atoms with E-state index in [-0.39, 0.29) is 42.8 Å². The van der Waals surface area contributed by atoms with Crippen molar-refractivity contribution in [2.24, 2.45) is 11.8 Å². The van der Waals surface area contributed by atoms with Gasteiger partial charge in [-0.3, -0.25) is 9.69 Å². The molecule has 1 fully saturated rings. The number of amides is 2. The molecule has 222 valence electrons. The fraction of sp³-hybridized carbons (Fsp3) is 0.645. The van der Waals surface area contributed by atoms with Gasteiger partial charge in [0.25, 0.3) is 0 Å². The summed E-state index contributed by atoms with van der Waals surface area (Å²) in [5.74, 6) is -0.385. The van der Waals surface area contributed by atoms with Crippen molar-refractivity contribution in [1.82, 2.24) is 4.90 Å². The predicted octanol–water partition coefficient (Wildman–Crippen LogP) is 5.92. The summed E-state index contributed by atoms with van der Waals surface area (Å²) in [6.07, 6.45) is 2.35. The van der Waals surface area contributed by atoms with E-state index in [1.54, 1.807) is 12.0 Å². The van der Waals surface area contributed by atoms with Gasteiger partial charge in [-0.2, -0.15) is 0 Å². The first kappa shape index (κ1) is 31.6. The Morgan fingerprint density at radius 3 is 2.30 bits per heavy atom. The molecule has 2 unspecified atom stereocenters. The summed E-state index contributed by atoms with van der Waals surface area (Å²) in [6, 6.07) is 6.88. The highest BCUT2D eigenvalue weighted by molar-refractivity contribution is 6.02. The van der Waals surface area contributed by atoms with Crippen molar-refractivity contribution in [3.05, 3.63) is 42.5 Å². The molecule has 0 saturated carbocycles. The first-order valence-corrected chi connectivity index (χ1v) is 14.1. The summed E-state index contributed by atoms with van der Waals surface area (Å²) in [5, 5.41) is 0. The third-order valence-electron chi connectivity index (χ3n) is 7.17. The number of hydrogen-bond donors (Lipinski definition) is 0. The largest absolute Gasteiger partial charge is 0.444 e. The SMILES string of the molecule is C=C[C@H]1CN(C(=O)OC(C)(C)C)CC[C@H]1CC(=O)C1C(CCOCOC)c2ccccc2N1C(=O)OC(C)(C)C. The second-order valence-electron chi connectivity index (χ2n) is 12.6. The lowest BCUT2D eigenvalue weighted by Crippen LogP contribution is -2.49. The molecule has 0 N–H and O–H groups in total. The Morgan fingerprint density at radius 2 is 1.68 bits per heavy atom. The molecule has 9 nitrogen and oxygen atoms in total. The smallest absolute Gasteiger partial charge is 0.415 e. The van der Waals surface area contributed by atoms with Crippen LogP contribution in [0, 0.1) is 11.8 Å². The van der Waals surface area contributed by atoms with Gasteiger partial charge in [0.2, 0.25) is 0 Å². The monoisotopic (exact) mass is 558 g/mol. The van der Waals surface area contributed by atoms with E-state index in [9.17, 15) is 14.4 Å². The number of para-hydroxylation sites is 1. The summed E-state index contributed by atoms with van der Waals surface area (Å²) >= 11 is 0. The van der Waals surface area contributed by atoms with Gasteiger partial charge < -0.3 is 23.8 Å². The summed E-state index contributed by atoms with van der Waals surface area (Å²) in [4.78, 5) is 43.6. The van der Waals surface area contributed by atoms with E-state index in [2.05, 4.69) is 6.58 Å². The first-order chi connectivity index (χ1) is 18.8. The molecule has 3 rings (SSSR count). The zero-order chi connectivity index (χ0) is 29.7. The van der Waals surface area contributed by atoms with E-state index < -0.39 is 23.3 Å². The Bertz CT molecular complexity index is 1060. The van der Waals surface area contributed by atoms with E-state index >= 15 is 0 Å². The molecule has 2 aliphatic heterocycles. The molecule has 0 aromatic heterocycles. The zero-order valence-electron chi connectivity index (χ0n) is 25.1. The maximum atomic E-state index is 14.2. The highest BCUT2D eigenvalue weighted by Gasteiger charge is 2.47. The normalized spacial score (nSPS) is 23.0. The molecule has 4 atom stereocenters. The molecule has 0 spiro atoms. The van der Waals surface area contributed by atoms with E-state index in [1.165, 1.54) is 4.90 Å². The minimum Gasteiger partial charge on any atom is -0.444 e. The van der Waals surface area contributed by atoms with Crippen molar-refractivity contribution in [3.63, 3.8) is 0 Å². The molecule has 0 aliphatic carbocycles. The van der Waals surface area contributed by atoms with Crippen molar-refractivity contribution >= 4 is 23.7 Å². The summed E-state index contributed by atoms with van der Waals surface area (Å²) in [5.41, 5.74) is 0.305. The molecule has 2 aliphatic rings. The quantitative estimate of drug-likeness (QED) is 0.211. The van der Waals surface area contributed by atoms with Crippen LogP contribution >= 0.6 is 0 Å². The zero-order valence-corrected chi connectivity index (χ0v) is 25.1. The molecule has 40 heavy (non-hydrogen) atoms. The number of likely N-dealkylation sites (tertiary alicyclic amines) is 1. The topological polar surface area (TPSA) is 94.6 Å². The molecule has 2 amide bonds. The number of hydrogen-bond acceptors (Lipinski definition) is 7. The van der Waals surface area contributed by atoms with Crippen LogP contribution in [-0.4, -0.2) is 73.7 Å². The Morgan fingerprint density at radius 1 is 1.02 bits per heavy atom. The number of ether oxygens (including phenoxy) is 4. The molecular weight excluding hydrogens is 512 g/mol. The predicted molar refractivity (Wildman–Crippen MR) is 153 cm³/mol. The number of benzene rings is 1. The number of carbonyl (C=O) groups is 3. The number of anilines is 1. The van der Waals surface area contributed by atoms with Gasteiger partial charge in [-0.1, -0.05) is 24.3 Å². The summed E-state index contributed by atoms with van der Waals surface area (Å²) < 4.78 is 21.9. The number of fused-ring (bicyclic) bond motifs is 1. The number of ketones is 1. The fourth-order valence-electron chi connectivity index (χ4n) is 5.50. The number of carbonyl (C=O) groups excluding carboxylic acids is 3. The molecule has 0 bridgehead atoms. The van der Waals surface area contributed by atoms with Crippen molar-refractivity contribution in [3.8, 4) is 0 Å². The van der Waals surface area contributed by atoms with Crippen LogP contribution in [0.2, 0.25) is 0 Å². The van der Waals surface area contributed by atoms with Gasteiger partial charge in [-0.05, 0) is 77.8 Å². The van der Waals surface area contributed by atoms with Gasteiger partial charge in [-0.15, -0.1) is 6.58 Å². The van der Waals surface area contributed by atoms with Crippen LogP contribution in [-0.2, 0) is 23.7 Å². The van der Waals surface area contributed by atoms with Crippen LogP contribution in [0.1, 0.15) is 72.3 Å². The number of rotatable bonds is 9. The van der Waals surface area contributed by atoms with Crippen molar-refractivity contribution in [1.29, 1.82) is 0 Å². The average Bonchev–Trinajstić information content (AvgIpc) is 3.19. The number of piperidine rings is 1. The minimum atomic E-state index is -0.729. The van der Waals surface area contributed by atoms with Crippen LogP contribution < -0.4 is 4.90 Å². The maximum Gasteiger partial charge on any atom is 0.415 e. The van der Waals surface area contributed by atoms with Crippen LogP contribution in [0.3, 0.4) is 0 Å². The van der Waals surface area contributed by atoms with E-state index in [4.69, 9.17) is 18.9 Å². The van der Waals surface area contributed by atoms with Gasteiger partial charge in [0.15, 0.2) is 5.78 Å². The molecule has 0 radical (unpaired) electrons. The molecule has 2 heterocycles. The Hall–Kier alpha value is -2.91. The highest BCUT2D eigenvalue weighted by Crippen LogP contribution is 2.45. The van der Waals surface area contributed by atoms with Gasteiger partial charge in [0, 0.05) is 32.5 Å². The number of nitrogens with zero attached hydrogens (tertiary/aromatic N) is 2. The first-order valence-electron chi connectivity index (χ1n) is 14.1. The van der Waals surface area contributed by atoms with Crippen LogP contribution in [0.5, 0.6) is 0 Å². The van der Waals surface area contributed by atoms with E-state index in [1.807, 2.05) is 71.9 Å². The van der Waals surface area contributed by atoms with Gasteiger partial charge >= 0.3 is 12.2 Å². The van der Waals surface area contributed by atoms with Crippen molar-refractivity contribution in [2.45, 2.75) is 84.0 Å². The average molecular weight is 559 g/mol. The Kier molecular flexibility index (Phi) is 10.4. The lowest BCUT2D eigenvalue weighted by molar-refractivity contribution is -0.122. The lowest BCUT2D eigenvalue weighted by Gasteiger charge is -2.38. The van der Waals surface area contributed by atoms with Crippen LogP contribution in [0.15, 0.2) is 36.9 Å². The standard InChI is InChI=1S/C31H46N2O7/c1-9-21-19-32(28(35)39-30(2,3)4)16-14-22(21)18-26(34)27-24(15-17-38-20-37-8)23-12-10-11-13-25(23)33(27)29(36)40-31(5,6)7/h9-13,21-22,24,27H,1,14-20H2,2-8H3/t21-,22-,24?,27?/m0/s1. The second kappa shape index (κ2) is 13.2. The van der Waals surface area contributed by atoms with Gasteiger partial charge in [-0.25, -0.2) is 9.59 Å². The number of Topliss-reactive ketones (excluding diaryl/α,β-unsaturated/α-hetero) is 1. The Balaban J connectivity index is 1.85. The van der Waals surface area contributed by atoms with E-state index in [0.29, 0.717) is 38.2 Å². The Labute approximate surface area is 238 Å². The van der Waals surface area contributed by atoms with Gasteiger partial charge in [0.1, 0.15) is 24.0 Å². The molecule has 1 saturated heterocycles. The summed E-state index contributed by atoms with van der Waals surface area (Å²) in [6.45, 7) is 16.4. The maximum absolute atomic E-state index is 14.2. The third-order valence-corrected chi connectivity index (χ3v) is 7.17. The number of methoxy groups -OCH3 is 1. The lowest BCUT2D eigenvalue weighted by atomic mass is 9.79. The minimum absolute atomic E-state index is 0.0155. The fourth-order valence-corrected chi connectivity index (χ4v) is 5.50. The van der Waals surface area contributed by atoms with Crippen molar-refractivity contribution in [2.75, 3.05) is 38.5 Å². The van der Waals surface area contributed by atoms with Crippen LogP contribution in [0.4, 0.5) is 15.3 Å².